The molecule has 98 valence electrons. The van der Waals surface area contributed by atoms with Crippen molar-refractivity contribution in [3.8, 4) is 0 Å². The van der Waals surface area contributed by atoms with Gasteiger partial charge in [0.15, 0.2) is 0 Å². The molecule has 0 saturated heterocycles. The Balaban J connectivity index is 3.94. The van der Waals surface area contributed by atoms with Crippen LogP contribution in [0.3, 0.4) is 0 Å². The Kier molecular flexibility index (Phi) is 6.62. The maximum atomic E-state index is 10.1. The van der Waals surface area contributed by atoms with Gasteiger partial charge in [-0.3, -0.25) is 0 Å². The van der Waals surface area contributed by atoms with E-state index in [1.165, 1.54) is 25.7 Å². The second-order valence-electron chi connectivity index (χ2n) is 7.24. The number of aliphatic hydroxyl groups excluding tert-OH is 1. The molecule has 0 bridgehead atoms. The average molecular weight is 228 g/mol. The SMILES string of the molecule is CCCCCC(C)(C)CC(O)CC(C)(C)C. The van der Waals surface area contributed by atoms with E-state index < -0.39 is 0 Å². The number of hydrogen-bond acceptors (Lipinski definition) is 1. The van der Waals surface area contributed by atoms with Gasteiger partial charge in [-0.25, -0.2) is 0 Å². The monoisotopic (exact) mass is 228 g/mol. The highest BCUT2D eigenvalue weighted by Gasteiger charge is 2.24. The number of unbranched alkanes of at least 4 members (excludes halogenated alkanes) is 2. The van der Waals surface area contributed by atoms with Crippen LogP contribution in [0.4, 0.5) is 0 Å². The van der Waals surface area contributed by atoms with Gasteiger partial charge < -0.3 is 5.11 Å². The van der Waals surface area contributed by atoms with Crippen LogP contribution in [-0.4, -0.2) is 11.2 Å². The molecule has 0 heterocycles. The van der Waals surface area contributed by atoms with E-state index in [1.807, 2.05) is 0 Å². The van der Waals surface area contributed by atoms with E-state index in [2.05, 4.69) is 41.5 Å². The van der Waals surface area contributed by atoms with Crippen molar-refractivity contribution in [1.29, 1.82) is 0 Å². The van der Waals surface area contributed by atoms with E-state index in [0.717, 1.165) is 12.8 Å². The molecule has 0 saturated carbocycles. The van der Waals surface area contributed by atoms with E-state index in [-0.39, 0.29) is 11.5 Å². The summed E-state index contributed by atoms with van der Waals surface area (Å²) in [4.78, 5) is 0. The Morgan fingerprint density at radius 3 is 1.94 bits per heavy atom. The van der Waals surface area contributed by atoms with Crippen molar-refractivity contribution in [2.75, 3.05) is 0 Å². The summed E-state index contributed by atoms with van der Waals surface area (Å²) in [5.41, 5.74) is 0.527. The van der Waals surface area contributed by atoms with Gasteiger partial charge in [-0.15, -0.1) is 0 Å². The minimum Gasteiger partial charge on any atom is -0.393 e. The Labute approximate surface area is 103 Å². The van der Waals surface area contributed by atoms with Crippen LogP contribution in [0.1, 0.15) is 80.1 Å². The van der Waals surface area contributed by atoms with E-state index in [4.69, 9.17) is 0 Å². The van der Waals surface area contributed by atoms with Crippen molar-refractivity contribution in [2.45, 2.75) is 86.2 Å². The van der Waals surface area contributed by atoms with Gasteiger partial charge in [-0.2, -0.15) is 0 Å². The molecule has 0 fully saturated rings. The Morgan fingerprint density at radius 1 is 0.938 bits per heavy atom. The lowest BCUT2D eigenvalue weighted by molar-refractivity contribution is 0.0714. The summed E-state index contributed by atoms with van der Waals surface area (Å²) in [5, 5.41) is 10.1. The van der Waals surface area contributed by atoms with Crippen LogP contribution >= 0.6 is 0 Å². The molecule has 1 atom stereocenters. The highest BCUT2D eigenvalue weighted by Crippen LogP contribution is 2.32. The second-order valence-corrected chi connectivity index (χ2v) is 7.24. The van der Waals surface area contributed by atoms with Crippen LogP contribution in [0.2, 0.25) is 0 Å². The standard InChI is InChI=1S/C15H32O/c1-7-8-9-10-15(5,6)12-13(16)11-14(2,3)4/h13,16H,7-12H2,1-6H3. The summed E-state index contributed by atoms with van der Waals surface area (Å²) in [6.07, 6.45) is 6.84. The highest BCUT2D eigenvalue weighted by molar-refractivity contribution is 4.76. The second kappa shape index (κ2) is 6.64. The van der Waals surface area contributed by atoms with Crippen molar-refractivity contribution < 1.29 is 5.11 Å². The highest BCUT2D eigenvalue weighted by atomic mass is 16.3. The maximum Gasteiger partial charge on any atom is 0.0550 e. The van der Waals surface area contributed by atoms with E-state index in [1.54, 1.807) is 0 Å². The molecule has 0 aromatic heterocycles. The first-order chi connectivity index (χ1) is 7.16. The van der Waals surface area contributed by atoms with Gasteiger partial charge in [0.1, 0.15) is 0 Å². The summed E-state index contributed by atoms with van der Waals surface area (Å²) >= 11 is 0. The van der Waals surface area contributed by atoms with Crippen LogP contribution in [0, 0.1) is 10.8 Å². The lowest BCUT2D eigenvalue weighted by atomic mass is 9.78. The lowest BCUT2D eigenvalue weighted by Gasteiger charge is -2.30. The van der Waals surface area contributed by atoms with Crippen molar-refractivity contribution >= 4 is 0 Å². The van der Waals surface area contributed by atoms with Crippen molar-refractivity contribution in [3.63, 3.8) is 0 Å². The van der Waals surface area contributed by atoms with Crippen LogP contribution in [0.5, 0.6) is 0 Å². The molecule has 0 aromatic rings. The van der Waals surface area contributed by atoms with Crippen molar-refractivity contribution in [3.05, 3.63) is 0 Å². The summed E-state index contributed by atoms with van der Waals surface area (Å²) in [5.74, 6) is 0. The molecule has 0 aliphatic carbocycles. The fourth-order valence-electron chi connectivity index (χ4n) is 2.37. The summed E-state index contributed by atoms with van der Waals surface area (Å²) in [7, 11) is 0. The molecular formula is C15H32O. The molecule has 0 aromatic carbocycles. The van der Waals surface area contributed by atoms with E-state index in [0.29, 0.717) is 5.41 Å². The van der Waals surface area contributed by atoms with E-state index >= 15 is 0 Å². The van der Waals surface area contributed by atoms with Gasteiger partial charge in [-0.05, 0) is 30.1 Å². The van der Waals surface area contributed by atoms with Gasteiger partial charge in [0.05, 0.1) is 6.10 Å². The summed E-state index contributed by atoms with van der Waals surface area (Å²) in [6, 6.07) is 0. The molecule has 0 amide bonds. The third-order valence-corrected chi connectivity index (χ3v) is 3.09. The van der Waals surface area contributed by atoms with Gasteiger partial charge in [0.25, 0.3) is 0 Å². The molecule has 0 aliphatic rings. The van der Waals surface area contributed by atoms with Crippen molar-refractivity contribution in [2.24, 2.45) is 10.8 Å². The number of rotatable bonds is 7. The first kappa shape index (κ1) is 16.0. The molecule has 1 unspecified atom stereocenters. The van der Waals surface area contributed by atoms with Crippen LogP contribution in [0.25, 0.3) is 0 Å². The largest absolute Gasteiger partial charge is 0.393 e. The molecule has 0 aliphatic heterocycles. The number of aliphatic hydroxyl groups is 1. The molecule has 0 rings (SSSR count). The normalized spacial score (nSPS) is 15.2. The quantitative estimate of drug-likeness (QED) is 0.622. The van der Waals surface area contributed by atoms with Gasteiger partial charge in [0.2, 0.25) is 0 Å². The molecular weight excluding hydrogens is 196 g/mol. The van der Waals surface area contributed by atoms with Gasteiger partial charge >= 0.3 is 0 Å². The molecule has 1 N–H and O–H groups in total. The maximum absolute atomic E-state index is 10.1. The van der Waals surface area contributed by atoms with Gasteiger partial charge in [-0.1, -0.05) is 60.8 Å². The summed E-state index contributed by atoms with van der Waals surface area (Å²) in [6.45, 7) is 13.4. The zero-order chi connectivity index (χ0) is 12.8. The smallest absolute Gasteiger partial charge is 0.0550 e. The molecule has 0 radical (unpaired) electrons. The molecule has 0 spiro atoms. The molecule has 1 heteroatoms. The van der Waals surface area contributed by atoms with E-state index in [9.17, 15) is 5.11 Å². The fraction of sp³-hybridized carbons (Fsp3) is 1.00. The molecule has 16 heavy (non-hydrogen) atoms. The van der Waals surface area contributed by atoms with Crippen molar-refractivity contribution in [1.82, 2.24) is 0 Å². The van der Waals surface area contributed by atoms with Crippen LogP contribution < -0.4 is 0 Å². The average Bonchev–Trinajstić information content (AvgIpc) is 1.98. The predicted molar refractivity (Wildman–Crippen MR) is 72.6 cm³/mol. The molecule has 1 nitrogen and oxygen atoms in total. The fourth-order valence-corrected chi connectivity index (χ4v) is 2.37. The zero-order valence-corrected chi connectivity index (χ0v) is 12.3. The third kappa shape index (κ3) is 9.21. The van der Waals surface area contributed by atoms with Gasteiger partial charge in [0, 0.05) is 0 Å². The predicted octanol–water partition coefficient (Wildman–Crippen LogP) is 4.78. The topological polar surface area (TPSA) is 20.2 Å². The minimum absolute atomic E-state index is 0.142. The Morgan fingerprint density at radius 2 is 1.50 bits per heavy atom. The lowest BCUT2D eigenvalue weighted by Crippen LogP contribution is -2.24. The third-order valence-electron chi connectivity index (χ3n) is 3.09. The minimum atomic E-state index is -0.142. The Hall–Kier alpha value is -0.0400. The Bertz CT molecular complexity index is 176. The number of hydrogen-bond donors (Lipinski definition) is 1. The van der Waals surface area contributed by atoms with Crippen LogP contribution in [-0.2, 0) is 0 Å². The van der Waals surface area contributed by atoms with Crippen LogP contribution in [0.15, 0.2) is 0 Å². The first-order valence-electron chi connectivity index (χ1n) is 6.84. The first-order valence-corrected chi connectivity index (χ1v) is 6.84. The zero-order valence-electron chi connectivity index (χ0n) is 12.3. The summed E-state index contributed by atoms with van der Waals surface area (Å²) < 4.78 is 0.